The highest BCUT2D eigenvalue weighted by molar-refractivity contribution is 5.79. The Balaban J connectivity index is 2.40. The smallest absolute Gasteiger partial charge is 0.295 e. The molecule has 0 amide bonds. The van der Waals surface area contributed by atoms with Crippen LogP contribution in [-0.4, -0.2) is 25.7 Å². The second kappa shape index (κ2) is 4.97. The first-order chi connectivity index (χ1) is 6.27. The fourth-order valence-corrected chi connectivity index (χ4v) is 1.65. The van der Waals surface area contributed by atoms with E-state index in [0.29, 0.717) is 19.3 Å². The van der Waals surface area contributed by atoms with Gasteiger partial charge in [0.15, 0.2) is 0 Å². The minimum atomic E-state index is -0.481. The number of hydrogen-bond acceptors (Lipinski definition) is 4. The molecule has 1 saturated carbocycles. The molecule has 13 heavy (non-hydrogen) atoms. The topological polar surface area (TPSA) is 52.6 Å². The summed E-state index contributed by atoms with van der Waals surface area (Å²) in [6, 6.07) is 0. The van der Waals surface area contributed by atoms with Crippen LogP contribution in [-0.2, 0) is 19.1 Å². The van der Waals surface area contributed by atoms with Crippen LogP contribution >= 0.6 is 0 Å². The van der Waals surface area contributed by atoms with E-state index in [0.717, 1.165) is 12.8 Å². The van der Waals surface area contributed by atoms with Crippen molar-refractivity contribution < 1.29 is 19.1 Å². The van der Waals surface area contributed by atoms with E-state index >= 15 is 0 Å². The Bertz CT molecular complexity index is 180. The molecule has 0 N–H and O–H groups in total. The SMILES string of the molecule is COC(OC=O)C1CCC(=O)CC1. The molecule has 0 aliphatic heterocycles. The monoisotopic (exact) mass is 186 g/mol. The maximum Gasteiger partial charge on any atom is 0.295 e. The molecule has 1 rings (SSSR count). The largest absolute Gasteiger partial charge is 0.438 e. The third-order valence-electron chi connectivity index (χ3n) is 2.39. The van der Waals surface area contributed by atoms with Gasteiger partial charge in [-0.1, -0.05) is 0 Å². The summed E-state index contributed by atoms with van der Waals surface area (Å²) in [7, 11) is 1.50. The Morgan fingerprint density at radius 1 is 1.46 bits per heavy atom. The van der Waals surface area contributed by atoms with Gasteiger partial charge in [0.2, 0.25) is 6.29 Å². The molecule has 1 aliphatic carbocycles. The van der Waals surface area contributed by atoms with Gasteiger partial charge in [0.25, 0.3) is 6.47 Å². The first kappa shape index (κ1) is 10.2. The van der Waals surface area contributed by atoms with E-state index in [9.17, 15) is 9.59 Å². The number of ether oxygens (including phenoxy) is 2. The molecule has 0 saturated heterocycles. The van der Waals surface area contributed by atoms with Crippen LogP contribution in [0.2, 0.25) is 0 Å². The number of hydrogen-bond donors (Lipinski definition) is 0. The second-order valence-corrected chi connectivity index (χ2v) is 3.21. The lowest BCUT2D eigenvalue weighted by molar-refractivity contribution is -0.172. The van der Waals surface area contributed by atoms with Crippen LogP contribution in [0.1, 0.15) is 25.7 Å². The number of carbonyl (C=O) groups is 2. The van der Waals surface area contributed by atoms with E-state index in [-0.39, 0.29) is 11.7 Å². The molecule has 4 heteroatoms. The van der Waals surface area contributed by atoms with E-state index in [1.807, 2.05) is 0 Å². The van der Waals surface area contributed by atoms with Gasteiger partial charge in [-0.25, -0.2) is 0 Å². The summed E-state index contributed by atoms with van der Waals surface area (Å²) < 4.78 is 9.75. The van der Waals surface area contributed by atoms with Gasteiger partial charge in [-0.15, -0.1) is 0 Å². The Morgan fingerprint density at radius 3 is 2.54 bits per heavy atom. The van der Waals surface area contributed by atoms with Gasteiger partial charge in [0.05, 0.1) is 0 Å². The van der Waals surface area contributed by atoms with Gasteiger partial charge in [-0.05, 0) is 12.8 Å². The van der Waals surface area contributed by atoms with Crippen molar-refractivity contribution in [3.63, 3.8) is 0 Å². The number of methoxy groups -OCH3 is 1. The van der Waals surface area contributed by atoms with Crippen LogP contribution in [0.5, 0.6) is 0 Å². The third kappa shape index (κ3) is 2.81. The molecule has 74 valence electrons. The molecule has 0 aromatic carbocycles. The number of Topliss-reactive ketones (excluding diaryl/α,β-unsaturated/α-hetero) is 1. The van der Waals surface area contributed by atoms with Crippen molar-refractivity contribution in [3.05, 3.63) is 0 Å². The lowest BCUT2D eigenvalue weighted by Gasteiger charge is -2.26. The van der Waals surface area contributed by atoms with Crippen molar-refractivity contribution in [1.82, 2.24) is 0 Å². The molecule has 0 spiro atoms. The summed E-state index contributed by atoms with van der Waals surface area (Å²) in [4.78, 5) is 21.0. The fraction of sp³-hybridized carbons (Fsp3) is 0.778. The van der Waals surface area contributed by atoms with Crippen molar-refractivity contribution in [2.45, 2.75) is 32.0 Å². The standard InChI is InChI=1S/C9H14O4/c1-12-9(13-6-10)7-2-4-8(11)5-3-7/h6-7,9H,2-5H2,1H3. The molecule has 0 bridgehead atoms. The minimum Gasteiger partial charge on any atom is -0.438 e. The van der Waals surface area contributed by atoms with Gasteiger partial charge in [-0.2, -0.15) is 0 Å². The zero-order valence-corrected chi connectivity index (χ0v) is 7.69. The predicted molar refractivity (Wildman–Crippen MR) is 44.9 cm³/mol. The lowest BCUT2D eigenvalue weighted by atomic mass is 9.88. The molecule has 1 atom stereocenters. The van der Waals surface area contributed by atoms with Crippen molar-refractivity contribution in [2.75, 3.05) is 7.11 Å². The van der Waals surface area contributed by atoms with Crippen molar-refractivity contribution in [3.8, 4) is 0 Å². The van der Waals surface area contributed by atoms with E-state index < -0.39 is 6.29 Å². The van der Waals surface area contributed by atoms with Crippen molar-refractivity contribution >= 4 is 12.3 Å². The van der Waals surface area contributed by atoms with Gasteiger partial charge < -0.3 is 9.47 Å². The molecule has 0 radical (unpaired) electrons. The quantitative estimate of drug-likeness (QED) is 0.483. The summed E-state index contributed by atoms with van der Waals surface area (Å²) in [5.74, 6) is 0.463. The molecule has 0 aromatic rings. The van der Waals surface area contributed by atoms with Crippen LogP contribution < -0.4 is 0 Å². The Labute approximate surface area is 77.2 Å². The number of carbonyl (C=O) groups excluding carboxylic acids is 2. The summed E-state index contributed by atoms with van der Waals surface area (Å²) in [6.07, 6.45) is 2.18. The molecule has 1 unspecified atom stereocenters. The van der Waals surface area contributed by atoms with Crippen molar-refractivity contribution in [2.24, 2.45) is 5.92 Å². The number of rotatable bonds is 4. The Hall–Kier alpha value is -0.900. The first-order valence-corrected chi connectivity index (χ1v) is 4.41. The molecular formula is C9H14O4. The van der Waals surface area contributed by atoms with E-state index in [4.69, 9.17) is 9.47 Å². The highest BCUT2D eigenvalue weighted by atomic mass is 16.7. The Kier molecular flexibility index (Phi) is 3.89. The van der Waals surface area contributed by atoms with E-state index in [2.05, 4.69) is 0 Å². The average Bonchev–Trinajstić information content (AvgIpc) is 2.16. The van der Waals surface area contributed by atoms with Crippen LogP contribution in [0, 0.1) is 5.92 Å². The fourth-order valence-electron chi connectivity index (χ4n) is 1.65. The van der Waals surface area contributed by atoms with Gasteiger partial charge in [0.1, 0.15) is 5.78 Å². The minimum absolute atomic E-state index is 0.174. The summed E-state index contributed by atoms with van der Waals surface area (Å²) in [5, 5.41) is 0. The van der Waals surface area contributed by atoms with E-state index in [1.165, 1.54) is 7.11 Å². The Morgan fingerprint density at radius 2 is 2.08 bits per heavy atom. The molecule has 0 heterocycles. The summed E-state index contributed by atoms with van der Waals surface area (Å²) in [6.45, 7) is 0.393. The second-order valence-electron chi connectivity index (χ2n) is 3.21. The molecular weight excluding hydrogens is 172 g/mol. The third-order valence-corrected chi connectivity index (χ3v) is 2.39. The molecule has 1 aliphatic rings. The van der Waals surface area contributed by atoms with Gasteiger partial charge in [0, 0.05) is 25.9 Å². The molecule has 1 fully saturated rings. The molecule has 0 aromatic heterocycles. The van der Waals surface area contributed by atoms with Crippen LogP contribution in [0.15, 0.2) is 0 Å². The van der Waals surface area contributed by atoms with Crippen LogP contribution in [0.25, 0.3) is 0 Å². The highest BCUT2D eigenvalue weighted by Gasteiger charge is 2.27. The zero-order valence-electron chi connectivity index (χ0n) is 7.69. The van der Waals surface area contributed by atoms with Crippen LogP contribution in [0.4, 0.5) is 0 Å². The van der Waals surface area contributed by atoms with Gasteiger partial charge >= 0.3 is 0 Å². The first-order valence-electron chi connectivity index (χ1n) is 4.41. The van der Waals surface area contributed by atoms with E-state index in [1.54, 1.807) is 0 Å². The predicted octanol–water partition coefficient (Wildman–Crippen LogP) is 0.891. The van der Waals surface area contributed by atoms with Crippen molar-refractivity contribution in [1.29, 1.82) is 0 Å². The summed E-state index contributed by atoms with van der Waals surface area (Å²) in [5.41, 5.74) is 0. The summed E-state index contributed by atoms with van der Waals surface area (Å²) >= 11 is 0. The molecule has 4 nitrogen and oxygen atoms in total. The maximum absolute atomic E-state index is 10.9. The maximum atomic E-state index is 10.9. The number of ketones is 1. The average molecular weight is 186 g/mol. The van der Waals surface area contributed by atoms with Crippen LogP contribution in [0.3, 0.4) is 0 Å². The lowest BCUT2D eigenvalue weighted by Crippen LogP contribution is -2.29. The van der Waals surface area contributed by atoms with Gasteiger partial charge in [-0.3, -0.25) is 9.59 Å². The zero-order chi connectivity index (χ0) is 9.68. The highest BCUT2D eigenvalue weighted by Crippen LogP contribution is 2.26. The normalized spacial score (nSPS) is 21.2.